The number of hydrogen-bond acceptors (Lipinski definition) is 2. The molecule has 2 amide bonds. The number of anilines is 1. The second kappa shape index (κ2) is 7.92. The highest BCUT2D eigenvalue weighted by Gasteiger charge is 2.23. The summed E-state index contributed by atoms with van der Waals surface area (Å²) in [5.41, 5.74) is 0.642. The molecule has 0 bridgehead atoms. The van der Waals surface area contributed by atoms with E-state index in [1.165, 1.54) is 0 Å². The van der Waals surface area contributed by atoms with Gasteiger partial charge in [0.25, 0.3) is 0 Å². The molecule has 0 spiro atoms. The van der Waals surface area contributed by atoms with Crippen LogP contribution < -0.4 is 5.32 Å². The first-order chi connectivity index (χ1) is 10.2. The molecule has 0 aliphatic carbocycles. The number of benzene rings is 1. The molecule has 4 nitrogen and oxygen atoms in total. The Labute approximate surface area is 130 Å². The van der Waals surface area contributed by atoms with Crippen molar-refractivity contribution in [3.05, 3.63) is 29.3 Å². The van der Waals surface area contributed by atoms with E-state index in [4.69, 9.17) is 22.8 Å². The highest BCUT2D eigenvalue weighted by Crippen LogP contribution is 2.22. The monoisotopic (exact) mass is 306 g/mol. The molecular formula is C16H19ClN2O2. The van der Waals surface area contributed by atoms with Gasteiger partial charge in [-0.05, 0) is 30.9 Å². The van der Waals surface area contributed by atoms with Crippen molar-refractivity contribution in [3.8, 4) is 12.3 Å². The van der Waals surface area contributed by atoms with Crippen LogP contribution in [-0.4, -0.2) is 37.2 Å². The number of amides is 2. The normalized spacial score (nSPS) is 15.5. The quantitative estimate of drug-likeness (QED) is 0.685. The van der Waals surface area contributed by atoms with Crippen molar-refractivity contribution in [2.75, 3.05) is 31.6 Å². The summed E-state index contributed by atoms with van der Waals surface area (Å²) in [5.74, 6) is 2.93. The summed E-state index contributed by atoms with van der Waals surface area (Å²) in [5, 5.41) is 3.39. The first kappa shape index (κ1) is 15.7. The number of rotatable bonds is 4. The number of piperidine rings is 1. The third kappa shape index (κ3) is 4.66. The van der Waals surface area contributed by atoms with E-state index >= 15 is 0 Å². The van der Waals surface area contributed by atoms with Gasteiger partial charge in [-0.3, -0.25) is 0 Å². The molecule has 21 heavy (non-hydrogen) atoms. The van der Waals surface area contributed by atoms with Gasteiger partial charge in [0, 0.05) is 13.1 Å². The fourth-order valence-corrected chi connectivity index (χ4v) is 2.53. The molecule has 1 saturated heterocycles. The van der Waals surface area contributed by atoms with E-state index < -0.39 is 0 Å². The minimum atomic E-state index is -0.105. The number of nitrogens with one attached hydrogen (secondary N) is 1. The van der Waals surface area contributed by atoms with Crippen LogP contribution >= 0.6 is 11.6 Å². The van der Waals surface area contributed by atoms with Gasteiger partial charge in [-0.25, -0.2) is 4.79 Å². The molecule has 1 aromatic rings. The van der Waals surface area contributed by atoms with Gasteiger partial charge >= 0.3 is 6.03 Å². The van der Waals surface area contributed by atoms with Crippen molar-refractivity contribution in [1.29, 1.82) is 0 Å². The standard InChI is InChI=1S/C16H19ClN2O2/c1-2-11-21-12-13-7-9-19(10-8-13)16(20)18-15-6-4-3-5-14(15)17/h1,3-6,13H,7-12H2,(H,18,20). The lowest BCUT2D eigenvalue weighted by Gasteiger charge is -2.31. The van der Waals surface area contributed by atoms with Gasteiger partial charge in [0.1, 0.15) is 6.61 Å². The number of carbonyl (C=O) groups is 1. The predicted molar refractivity (Wildman–Crippen MR) is 84.4 cm³/mol. The van der Waals surface area contributed by atoms with Gasteiger partial charge in [0.15, 0.2) is 0 Å². The Balaban J connectivity index is 1.78. The molecule has 0 saturated carbocycles. The van der Waals surface area contributed by atoms with E-state index in [0.29, 0.717) is 29.8 Å². The Hall–Kier alpha value is -1.70. The topological polar surface area (TPSA) is 41.6 Å². The molecule has 1 aliphatic rings. The van der Waals surface area contributed by atoms with Crippen LogP contribution in [0.15, 0.2) is 24.3 Å². The minimum Gasteiger partial charge on any atom is -0.369 e. The van der Waals surface area contributed by atoms with Gasteiger partial charge in [0.2, 0.25) is 0 Å². The van der Waals surface area contributed by atoms with Gasteiger partial charge in [-0.15, -0.1) is 6.42 Å². The van der Waals surface area contributed by atoms with Crippen molar-refractivity contribution < 1.29 is 9.53 Å². The van der Waals surface area contributed by atoms with Crippen molar-refractivity contribution in [3.63, 3.8) is 0 Å². The molecule has 112 valence electrons. The van der Waals surface area contributed by atoms with Crippen LogP contribution in [0.25, 0.3) is 0 Å². The number of halogens is 1. The number of ether oxygens (including phenoxy) is 1. The smallest absolute Gasteiger partial charge is 0.321 e. The van der Waals surface area contributed by atoms with Gasteiger partial charge < -0.3 is 15.0 Å². The number of carbonyl (C=O) groups excluding carboxylic acids is 1. The minimum absolute atomic E-state index is 0.105. The van der Waals surface area contributed by atoms with Gasteiger partial charge in [-0.2, -0.15) is 0 Å². The van der Waals surface area contributed by atoms with E-state index in [0.717, 1.165) is 25.9 Å². The Morgan fingerprint density at radius 2 is 2.14 bits per heavy atom. The Morgan fingerprint density at radius 1 is 1.43 bits per heavy atom. The van der Waals surface area contributed by atoms with Crippen LogP contribution in [0.1, 0.15) is 12.8 Å². The first-order valence-corrected chi connectivity index (χ1v) is 7.40. The lowest BCUT2D eigenvalue weighted by atomic mass is 9.98. The van der Waals surface area contributed by atoms with E-state index in [-0.39, 0.29) is 6.03 Å². The number of para-hydroxylation sites is 1. The van der Waals surface area contributed by atoms with E-state index in [1.807, 2.05) is 12.1 Å². The second-order valence-corrected chi connectivity index (χ2v) is 5.47. The molecule has 0 unspecified atom stereocenters. The fourth-order valence-electron chi connectivity index (χ4n) is 2.34. The average Bonchev–Trinajstić information content (AvgIpc) is 2.50. The van der Waals surface area contributed by atoms with E-state index in [2.05, 4.69) is 11.2 Å². The fraction of sp³-hybridized carbons (Fsp3) is 0.438. The lowest BCUT2D eigenvalue weighted by Crippen LogP contribution is -2.41. The summed E-state index contributed by atoms with van der Waals surface area (Å²) in [6, 6.07) is 7.12. The molecule has 1 N–H and O–H groups in total. The largest absolute Gasteiger partial charge is 0.369 e. The molecule has 0 aromatic heterocycles. The van der Waals surface area contributed by atoms with E-state index in [9.17, 15) is 4.79 Å². The lowest BCUT2D eigenvalue weighted by molar-refractivity contribution is 0.0932. The molecular weight excluding hydrogens is 288 g/mol. The number of urea groups is 1. The number of likely N-dealkylation sites (tertiary alicyclic amines) is 1. The van der Waals surface area contributed by atoms with Crippen molar-refractivity contribution in [1.82, 2.24) is 4.90 Å². The van der Waals surface area contributed by atoms with E-state index in [1.54, 1.807) is 17.0 Å². The zero-order valence-electron chi connectivity index (χ0n) is 11.8. The highest BCUT2D eigenvalue weighted by molar-refractivity contribution is 6.33. The zero-order chi connectivity index (χ0) is 15.1. The van der Waals surface area contributed by atoms with Crippen molar-refractivity contribution >= 4 is 23.3 Å². The molecule has 0 radical (unpaired) electrons. The van der Waals surface area contributed by atoms with Gasteiger partial charge in [0.05, 0.1) is 17.3 Å². The predicted octanol–water partition coefficient (Wildman–Crippen LogP) is 3.23. The Morgan fingerprint density at radius 3 is 2.81 bits per heavy atom. The number of terminal acetylenes is 1. The average molecular weight is 307 g/mol. The highest BCUT2D eigenvalue weighted by atomic mass is 35.5. The maximum Gasteiger partial charge on any atom is 0.321 e. The molecule has 1 aromatic carbocycles. The Kier molecular flexibility index (Phi) is 5.91. The van der Waals surface area contributed by atoms with Crippen LogP contribution in [0.3, 0.4) is 0 Å². The van der Waals surface area contributed by atoms with Gasteiger partial charge in [-0.1, -0.05) is 29.7 Å². The summed E-state index contributed by atoms with van der Waals surface area (Å²) < 4.78 is 5.36. The summed E-state index contributed by atoms with van der Waals surface area (Å²) in [6.45, 7) is 2.47. The Bertz CT molecular complexity index is 519. The summed E-state index contributed by atoms with van der Waals surface area (Å²) in [6.07, 6.45) is 7.01. The molecule has 5 heteroatoms. The summed E-state index contributed by atoms with van der Waals surface area (Å²) in [4.78, 5) is 14.0. The molecule has 1 heterocycles. The maximum absolute atomic E-state index is 12.2. The zero-order valence-corrected chi connectivity index (χ0v) is 12.6. The van der Waals surface area contributed by atoms with Crippen LogP contribution in [0.5, 0.6) is 0 Å². The SMILES string of the molecule is C#CCOCC1CCN(C(=O)Nc2ccccc2Cl)CC1. The molecule has 1 fully saturated rings. The van der Waals surface area contributed by atoms with Crippen LogP contribution in [0.2, 0.25) is 5.02 Å². The third-order valence-corrected chi connectivity index (χ3v) is 3.89. The molecule has 0 atom stereocenters. The summed E-state index contributed by atoms with van der Waals surface area (Å²) >= 11 is 6.04. The first-order valence-electron chi connectivity index (χ1n) is 7.02. The van der Waals surface area contributed by atoms with Crippen molar-refractivity contribution in [2.24, 2.45) is 5.92 Å². The summed E-state index contributed by atoms with van der Waals surface area (Å²) in [7, 11) is 0. The van der Waals surface area contributed by atoms with Crippen molar-refractivity contribution in [2.45, 2.75) is 12.8 Å². The number of hydrogen-bond donors (Lipinski definition) is 1. The maximum atomic E-state index is 12.2. The van der Waals surface area contributed by atoms with Crippen LogP contribution in [0, 0.1) is 18.3 Å². The third-order valence-electron chi connectivity index (χ3n) is 3.56. The van der Waals surface area contributed by atoms with Crippen LogP contribution in [-0.2, 0) is 4.74 Å². The molecule has 2 rings (SSSR count). The van der Waals surface area contributed by atoms with Crippen LogP contribution in [0.4, 0.5) is 10.5 Å². The second-order valence-electron chi connectivity index (χ2n) is 5.06. The number of nitrogens with zero attached hydrogens (tertiary/aromatic N) is 1. The molecule has 1 aliphatic heterocycles.